The van der Waals surface area contributed by atoms with Gasteiger partial charge in [0.15, 0.2) is 6.10 Å². The van der Waals surface area contributed by atoms with Crippen LogP contribution in [-0.2, 0) is 9.53 Å². The van der Waals surface area contributed by atoms with Gasteiger partial charge in [-0.05, 0) is 12.5 Å². The molecule has 0 bridgehead atoms. The summed E-state index contributed by atoms with van der Waals surface area (Å²) in [5.41, 5.74) is 0.0698. The third-order valence-corrected chi connectivity index (χ3v) is 2.03. The molecule has 0 aliphatic heterocycles. The molecule has 88 valence electrons. The lowest BCUT2D eigenvalue weighted by Crippen LogP contribution is -2.35. The Morgan fingerprint density at radius 2 is 1.94 bits per heavy atom. The fourth-order valence-electron chi connectivity index (χ4n) is 1.31. The molecule has 0 N–H and O–H groups in total. The molecule has 1 atom stereocenters. The van der Waals surface area contributed by atoms with Crippen molar-refractivity contribution in [1.29, 1.82) is 0 Å². The molecule has 5 heteroatoms. The molecule has 1 aromatic carbocycles. The number of ether oxygens (including phenoxy) is 1. The van der Waals surface area contributed by atoms with E-state index < -0.39 is 18.1 Å². The molecule has 1 rings (SSSR count). The van der Waals surface area contributed by atoms with Crippen molar-refractivity contribution in [3.05, 3.63) is 35.9 Å². The molecule has 0 aliphatic rings. The van der Waals surface area contributed by atoms with Crippen molar-refractivity contribution in [3.8, 4) is 0 Å². The summed E-state index contributed by atoms with van der Waals surface area (Å²) in [4.78, 5) is 10.3. The minimum Gasteiger partial charge on any atom is -0.367 e. The number of benzene rings is 1. The van der Waals surface area contributed by atoms with E-state index in [0.717, 1.165) is 0 Å². The van der Waals surface area contributed by atoms with Crippen molar-refractivity contribution in [3.63, 3.8) is 0 Å². The molecule has 0 fully saturated rings. The molecule has 16 heavy (non-hydrogen) atoms. The highest BCUT2D eigenvalue weighted by Crippen LogP contribution is 2.35. The molecular formula is C11H11F3O2. The van der Waals surface area contributed by atoms with Gasteiger partial charge >= 0.3 is 12.0 Å². The second kappa shape index (κ2) is 5.12. The topological polar surface area (TPSA) is 26.3 Å². The lowest BCUT2D eigenvalue weighted by Gasteiger charge is -2.23. The fourth-order valence-corrected chi connectivity index (χ4v) is 1.31. The number of rotatable bonds is 5. The summed E-state index contributed by atoms with van der Waals surface area (Å²) in [6, 6.07) is 4.69. The van der Waals surface area contributed by atoms with Gasteiger partial charge in [0, 0.05) is 6.61 Å². The molecular weight excluding hydrogens is 221 g/mol. The smallest absolute Gasteiger partial charge is 0.367 e. The van der Waals surface area contributed by atoms with Crippen LogP contribution in [0.3, 0.4) is 0 Å². The Hall–Kier alpha value is -1.36. The average molecular weight is 232 g/mol. The minimum atomic E-state index is -4.16. The van der Waals surface area contributed by atoms with Crippen LogP contribution in [0.1, 0.15) is 18.6 Å². The summed E-state index contributed by atoms with van der Waals surface area (Å²) in [6.45, 7) is 1.46. The zero-order valence-corrected chi connectivity index (χ0v) is 8.62. The van der Waals surface area contributed by atoms with E-state index in [1.165, 1.54) is 31.2 Å². The van der Waals surface area contributed by atoms with E-state index in [4.69, 9.17) is 4.74 Å². The molecule has 0 spiro atoms. The maximum atomic E-state index is 13.2. The molecule has 0 aliphatic carbocycles. The first-order valence-corrected chi connectivity index (χ1v) is 4.74. The van der Waals surface area contributed by atoms with Gasteiger partial charge in [-0.1, -0.05) is 30.3 Å². The van der Waals surface area contributed by atoms with Crippen LogP contribution in [0.5, 0.6) is 0 Å². The largest absolute Gasteiger partial charge is 0.373 e. The molecule has 2 nitrogen and oxygen atoms in total. The Kier molecular flexibility index (Phi) is 4.06. The summed E-state index contributed by atoms with van der Waals surface area (Å²) >= 11 is 0. The van der Waals surface area contributed by atoms with Gasteiger partial charge < -0.3 is 4.74 Å². The third kappa shape index (κ3) is 2.61. The number of hydrogen-bond acceptors (Lipinski definition) is 2. The standard InChI is InChI=1S/C11H11F3O2/c1-2-16-9(11(13,14)10(12)15)8-6-4-3-5-7-8/h3-7,9H,2H2,1H3. The first-order valence-electron chi connectivity index (χ1n) is 4.74. The van der Waals surface area contributed by atoms with E-state index >= 15 is 0 Å². The van der Waals surface area contributed by atoms with Crippen molar-refractivity contribution in [2.75, 3.05) is 6.61 Å². The summed E-state index contributed by atoms with van der Waals surface area (Å²) in [5, 5.41) is 0. The number of alkyl halides is 2. The first-order chi connectivity index (χ1) is 7.50. The van der Waals surface area contributed by atoms with E-state index in [1.54, 1.807) is 6.07 Å². The van der Waals surface area contributed by atoms with Crippen LogP contribution in [-0.4, -0.2) is 18.6 Å². The molecule has 0 saturated carbocycles. The Morgan fingerprint density at radius 3 is 2.38 bits per heavy atom. The van der Waals surface area contributed by atoms with Crippen molar-refractivity contribution in [2.24, 2.45) is 0 Å². The Bertz CT molecular complexity index is 352. The number of hydrogen-bond donors (Lipinski definition) is 0. The second-order valence-corrected chi connectivity index (χ2v) is 3.14. The van der Waals surface area contributed by atoms with Crippen LogP contribution >= 0.6 is 0 Å². The summed E-state index contributed by atoms with van der Waals surface area (Å²) in [6.07, 6.45) is -1.88. The van der Waals surface area contributed by atoms with Gasteiger partial charge in [-0.3, -0.25) is 4.79 Å². The molecule has 0 radical (unpaired) electrons. The zero-order chi connectivity index (χ0) is 12.2. The Labute approximate surface area is 91.0 Å². The molecule has 1 aromatic rings. The average Bonchev–Trinajstić information content (AvgIpc) is 2.26. The van der Waals surface area contributed by atoms with E-state index in [-0.39, 0.29) is 12.2 Å². The van der Waals surface area contributed by atoms with Gasteiger partial charge in [-0.2, -0.15) is 13.2 Å². The van der Waals surface area contributed by atoms with E-state index in [2.05, 4.69) is 0 Å². The van der Waals surface area contributed by atoms with Gasteiger partial charge in [0.25, 0.3) is 0 Å². The van der Waals surface area contributed by atoms with E-state index in [0.29, 0.717) is 0 Å². The van der Waals surface area contributed by atoms with Crippen LogP contribution in [0.4, 0.5) is 13.2 Å². The second-order valence-electron chi connectivity index (χ2n) is 3.14. The molecule has 0 amide bonds. The van der Waals surface area contributed by atoms with Gasteiger partial charge in [-0.25, -0.2) is 0 Å². The van der Waals surface area contributed by atoms with Gasteiger partial charge in [-0.15, -0.1) is 0 Å². The summed E-state index contributed by atoms with van der Waals surface area (Å²) in [5.74, 6) is -4.16. The van der Waals surface area contributed by atoms with Crippen LogP contribution in [0.15, 0.2) is 30.3 Å². The maximum Gasteiger partial charge on any atom is 0.373 e. The maximum absolute atomic E-state index is 13.2. The van der Waals surface area contributed by atoms with Crippen molar-refractivity contribution >= 4 is 6.04 Å². The van der Waals surface area contributed by atoms with Crippen LogP contribution < -0.4 is 0 Å². The van der Waals surface area contributed by atoms with Crippen molar-refractivity contribution in [2.45, 2.75) is 19.0 Å². The molecule has 1 unspecified atom stereocenters. The van der Waals surface area contributed by atoms with Crippen LogP contribution in [0.2, 0.25) is 0 Å². The SMILES string of the molecule is CCOC(c1ccccc1)C(F)(F)C(=O)F. The Balaban J connectivity index is 3.05. The lowest BCUT2D eigenvalue weighted by atomic mass is 10.0. The van der Waals surface area contributed by atoms with Crippen molar-refractivity contribution in [1.82, 2.24) is 0 Å². The van der Waals surface area contributed by atoms with Gasteiger partial charge in [0.05, 0.1) is 0 Å². The highest BCUT2D eigenvalue weighted by atomic mass is 19.3. The van der Waals surface area contributed by atoms with E-state index in [9.17, 15) is 18.0 Å². The Morgan fingerprint density at radius 1 is 1.38 bits per heavy atom. The minimum absolute atomic E-state index is 0.0393. The predicted octanol–water partition coefficient (Wildman–Crippen LogP) is 2.90. The molecule has 0 saturated heterocycles. The summed E-state index contributed by atoms with van der Waals surface area (Å²) < 4.78 is 43.5. The van der Waals surface area contributed by atoms with Crippen molar-refractivity contribution < 1.29 is 22.7 Å². The summed E-state index contributed by atoms with van der Waals surface area (Å²) in [7, 11) is 0. The zero-order valence-electron chi connectivity index (χ0n) is 8.62. The number of carbonyl (C=O) groups excluding carboxylic acids is 1. The highest BCUT2D eigenvalue weighted by molar-refractivity contribution is 5.77. The monoisotopic (exact) mass is 232 g/mol. The molecule has 0 heterocycles. The van der Waals surface area contributed by atoms with Crippen LogP contribution in [0.25, 0.3) is 0 Å². The quantitative estimate of drug-likeness (QED) is 0.729. The predicted molar refractivity (Wildman–Crippen MR) is 51.9 cm³/mol. The molecule has 0 aromatic heterocycles. The normalized spacial score (nSPS) is 13.5. The highest BCUT2D eigenvalue weighted by Gasteiger charge is 2.49. The van der Waals surface area contributed by atoms with Crippen LogP contribution in [0, 0.1) is 0 Å². The third-order valence-electron chi connectivity index (χ3n) is 2.03. The fraction of sp³-hybridized carbons (Fsp3) is 0.364. The first kappa shape index (κ1) is 12.7. The van der Waals surface area contributed by atoms with E-state index in [1.807, 2.05) is 0 Å². The number of halogens is 3. The van der Waals surface area contributed by atoms with Gasteiger partial charge in [0.1, 0.15) is 0 Å². The number of carbonyl (C=O) groups is 1. The lowest BCUT2D eigenvalue weighted by molar-refractivity contribution is -0.181. The van der Waals surface area contributed by atoms with Gasteiger partial charge in [0.2, 0.25) is 0 Å².